The van der Waals surface area contributed by atoms with Crippen LogP contribution < -0.4 is 21.1 Å². The zero-order valence-electron chi connectivity index (χ0n) is 11.7. The molecule has 0 unspecified atom stereocenters. The molecular weight excluding hydrogens is 273 g/mol. The Morgan fingerprint density at radius 1 is 1.24 bits per heavy atom. The predicted octanol–water partition coefficient (Wildman–Crippen LogP) is 2.52. The molecule has 5 nitrogen and oxygen atoms in total. The molecule has 0 aliphatic carbocycles. The van der Waals surface area contributed by atoms with Crippen LogP contribution in [0.4, 0.5) is 21.5 Å². The number of methoxy groups -OCH3 is 1. The Kier molecular flexibility index (Phi) is 4.27. The second-order valence-electron chi connectivity index (χ2n) is 4.36. The highest BCUT2D eigenvalue weighted by Crippen LogP contribution is 2.27. The van der Waals surface area contributed by atoms with Crippen LogP contribution in [0.2, 0.25) is 0 Å². The average Bonchev–Trinajstić information content (AvgIpc) is 2.49. The number of carbonyl (C=O) groups excluding carboxylic acids is 1. The van der Waals surface area contributed by atoms with Crippen molar-refractivity contribution >= 4 is 23.0 Å². The summed E-state index contributed by atoms with van der Waals surface area (Å²) in [5.41, 5.74) is 7.82. The standard InChI is InChI=1S/C15H16FN3O2/c1-18-15(20)9-3-5-12(17)13(7-9)19-10-4-6-14(21-2)11(16)8-10/h3-8,19H,17H2,1-2H3,(H,18,20). The number of hydrogen-bond acceptors (Lipinski definition) is 4. The van der Waals surface area contributed by atoms with Gasteiger partial charge in [-0.2, -0.15) is 0 Å². The fourth-order valence-corrected chi connectivity index (χ4v) is 1.85. The third-order valence-electron chi connectivity index (χ3n) is 2.97. The molecule has 2 aromatic carbocycles. The minimum absolute atomic E-state index is 0.160. The van der Waals surface area contributed by atoms with Crippen molar-refractivity contribution in [2.24, 2.45) is 0 Å². The smallest absolute Gasteiger partial charge is 0.251 e. The number of halogens is 1. The maximum absolute atomic E-state index is 13.7. The molecule has 21 heavy (non-hydrogen) atoms. The summed E-state index contributed by atoms with van der Waals surface area (Å²) in [6.45, 7) is 0. The van der Waals surface area contributed by atoms with Crippen LogP contribution in [0.25, 0.3) is 0 Å². The largest absolute Gasteiger partial charge is 0.494 e. The molecule has 0 atom stereocenters. The molecule has 0 aliphatic heterocycles. The molecule has 0 saturated carbocycles. The fourth-order valence-electron chi connectivity index (χ4n) is 1.85. The van der Waals surface area contributed by atoms with E-state index in [0.717, 1.165) is 0 Å². The predicted molar refractivity (Wildman–Crippen MR) is 80.5 cm³/mol. The summed E-state index contributed by atoms with van der Waals surface area (Å²) in [5.74, 6) is -0.546. The Bertz CT molecular complexity index is 674. The molecule has 0 spiro atoms. The van der Waals surface area contributed by atoms with E-state index < -0.39 is 5.82 Å². The summed E-state index contributed by atoms with van der Waals surface area (Å²) in [7, 11) is 2.95. The molecule has 0 fully saturated rings. The van der Waals surface area contributed by atoms with Gasteiger partial charge in [-0.05, 0) is 30.3 Å². The van der Waals surface area contributed by atoms with Crippen molar-refractivity contribution in [2.75, 3.05) is 25.2 Å². The van der Waals surface area contributed by atoms with Crippen molar-refractivity contribution in [3.8, 4) is 5.75 Å². The summed E-state index contributed by atoms with van der Waals surface area (Å²) >= 11 is 0. The molecule has 0 radical (unpaired) electrons. The topological polar surface area (TPSA) is 76.4 Å². The quantitative estimate of drug-likeness (QED) is 0.756. The van der Waals surface area contributed by atoms with Crippen LogP contribution in [-0.2, 0) is 0 Å². The number of hydrogen-bond donors (Lipinski definition) is 3. The van der Waals surface area contributed by atoms with Gasteiger partial charge in [0.2, 0.25) is 0 Å². The number of nitrogens with one attached hydrogen (secondary N) is 2. The first-order valence-corrected chi connectivity index (χ1v) is 6.27. The van der Waals surface area contributed by atoms with E-state index in [2.05, 4.69) is 10.6 Å². The highest BCUT2D eigenvalue weighted by molar-refractivity contribution is 5.96. The molecule has 0 aliphatic rings. The molecule has 110 valence electrons. The van der Waals surface area contributed by atoms with Gasteiger partial charge in [-0.1, -0.05) is 0 Å². The normalized spacial score (nSPS) is 10.0. The van der Waals surface area contributed by atoms with Crippen LogP contribution >= 0.6 is 0 Å². The van der Waals surface area contributed by atoms with Gasteiger partial charge >= 0.3 is 0 Å². The number of anilines is 3. The van der Waals surface area contributed by atoms with Gasteiger partial charge < -0.3 is 21.1 Å². The number of rotatable bonds is 4. The summed E-state index contributed by atoms with van der Waals surface area (Å²) < 4.78 is 18.5. The first-order chi connectivity index (χ1) is 10.0. The SMILES string of the molecule is CNC(=O)c1ccc(N)c(Nc2ccc(OC)c(F)c2)c1. The molecule has 1 amide bonds. The van der Waals surface area contributed by atoms with Crippen molar-refractivity contribution in [3.63, 3.8) is 0 Å². The van der Waals surface area contributed by atoms with Crippen LogP contribution in [0.5, 0.6) is 5.75 Å². The minimum Gasteiger partial charge on any atom is -0.494 e. The zero-order chi connectivity index (χ0) is 15.4. The molecule has 0 heterocycles. The maximum Gasteiger partial charge on any atom is 0.251 e. The Morgan fingerprint density at radius 2 is 2.00 bits per heavy atom. The van der Waals surface area contributed by atoms with Crippen molar-refractivity contribution in [1.29, 1.82) is 0 Å². The van der Waals surface area contributed by atoms with Gasteiger partial charge in [0, 0.05) is 24.4 Å². The van der Waals surface area contributed by atoms with Gasteiger partial charge in [-0.15, -0.1) is 0 Å². The molecule has 4 N–H and O–H groups in total. The lowest BCUT2D eigenvalue weighted by molar-refractivity contribution is 0.0963. The summed E-state index contributed by atoms with van der Waals surface area (Å²) in [6.07, 6.45) is 0. The second kappa shape index (κ2) is 6.13. The zero-order valence-corrected chi connectivity index (χ0v) is 11.7. The highest BCUT2D eigenvalue weighted by atomic mass is 19.1. The van der Waals surface area contributed by atoms with Crippen LogP contribution in [0, 0.1) is 5.82 Å². The minimum atomic E-state index is -0.483. The van der Waals surface area contributed by atoms with E-state index in [1.54, 1.807) is 31.3 Å². The van der Waals surface area contributed by atoms with E-state index in [1.807, 2.05) is 0 Å². The first-order valence-electron chi connectivity index (χ1n) is 6.27. The molecule has 2 rings (SSSR count). The van der Waals surface area contributed by atoms with Crippen molar-refractivity contribution < 1.29 is 13.9 Å². The third-order valence-corrected chi connectivity index (χ3v) is 2.97. The third kappa shape index (κ3) is 3.22. The number of ether oxygens (including phenoxy) is 1. The maximum atomic E-state index is 13.7. The van der Waals surface area contributed by atoms with Crippen LogP contribution in [0.15, 0.2) is 36.4 Å². The van der Waals surface area contributed by atoms with Gasteiger partial charge in [0.15, 0.2) is 11.6 Å². The molecule has 6 heteroatoms. The summed E-state index contributed by atoms with van der Waals surface area (Å²) in [4.78, 5) is 11.6. The van der Waals surface area contributed by atoms with Gasteiger partial charge in [0.05, 0.1) is 18.5 Å². The Morgan fingerprint density at radius 3 is 2.62 bits per heavy atom. The first kappa shape index (κ1) is 14.6. The van der Waals surface area contributed by atoms with E-state index in [-0.39, 0.29) is 11.7 Å². The van der Waals surface area contributed by atoms with E-state index in [0.29, 0.717) is 22.6 Å². The van der Waals surface area contributed by atoms with E-state index in [4.69, 9.17) is 10.5 Å². The van der Waals surface area contributed by atoms with Crippen molar-refractivity contribution in [3.05, 3.63) is 47.8 Å². The van der Waals surface area contributed by atoms with E-state index in [1.165, 1.54) is 19.2 Å². The van der Waals surface area contributed by atoms with Crippen LogP contribution in [0.1, 0.15) is 10.4 Å². The number of nitrogen functional groups attached to an aromatic ring is 1. The summed E-state index contributed by atoms with van der Waals surface area (Å²) in [5, 5.41) is 5.52. The van der Waals surface area contributed by atoms with E-state index in [9.17, 15) is 9.18 Å². The number of amides is 1. The second-order valence-corrected chi connectivity index (χ2v) is 4.36. The molecule has 2 aromatic rings. The molecule has 0 aromatic heterocycles. The number of benzene rings is 2. The Hall–Kier alpha value is -2.76. The lowest BCUT2D eigenvalue weighted by Gasteiger charge is -2.12. The Balaban J connectivity index is 2.30. The van der Waals surface area contributed by atoms with Crippen LogP contribution in [0.3, 0.4) is 0 Å². The summed E-state index contributed by atoms with van der Waals surface area (Å²) in [6, 6.07) is 9.31. The lowest BCUT2D eigenvalue weighted by atomic mass is 10.1. The lowest BCUT2D eigenvalue weighted by Crippen LogP contribution is -2.17. The van der Waals surface area contributed by atoms with Gasteiger partial charge in [-0.3, -0.25) is 4.79 Å². The van der Waals surface area contributed by atoms with Crippen molar-refractivity contribution in [1.82, 2.24) is 5.32 Å². The Labute approximate surface area is 121 Å². The molecular formula is C15H16FN3O2. The molecule has 0 bridgehead atoms. The van der Waals surface area contributed by atoms with E-state index >= 15 is 0 Å². The molecule has 0 saturated heterocycles. The fraction of sp³-hybridized carbons (Fsp3) is 0.133. The highest BCUT2D eigenvalue weighted by Gasteiger charge is 2.09. The van der Waals surface area contributed by atoms with Gasteiger partial charge in [0.25, 0.3) is 5.91 Å². The number of carbonyl (C=O) groups is 1. The average molecular weight is 289 g/mol. The van der Waals surface area contributed by atoms with Gasteiger partial charge in [0.1, 0.15) is 0 Å². The number of nitrogens with two attached hydrogens (primary N) is 1. The monoisotopic (exact) mass is 289 g/mol. The van der Waals surface area contributed by atoms with Crippen molar-refractivity contribution in [2.45, 2.75) is 0 Å². The van der Waals surface area contributed by atoms with Gasteiger partial charge in [-0.25, -0.2) is 4.39 Å². The van der Waals surface area contributed by atoms with Crippen LogP contribution in [-0.4, -0.2) is 20.1 Å².